The topological polar surface area (TPSA) is 12.0 Å². The molecule has 0 radical (unpaired) electrons. The summed E-state index contributed by atoms with van der Waals surface area (Å²) in [6.45, 7) is 12.1. The van der Waals surface area contributed by atoms with Crippen LogP contribution < -0.4 is 5.32 Å². The zero-order valence-electron chi connectivity index (χ0n) is 11.4. The van der Waals surface area contributed by atoms with Gasteiger partial charge in [-0.15, -0.1) is 0 Å². The SMILES string of the molecule is C=C(CC)CC(NCC)C1CCCC(C)C1. The Bertz CT molecular complexity index is 209. The number of hydrogen-bond donors (Lipinski definition) is 1. The standard InChI is InChI=1S/C15H29N/c1-5-12(3)11-15(16-6-2)14-9-7-8-13(4)10-14/h13-16H,3,5-11H2,1-2,4H3. The molecular formula is C15H29N. The molecule has 0 amide bonds. The van der Waals surface area contributed by atoms with Crippen molar-refractivity contribution in [3.05, 3.63) is 12.2 Å². The van der Waals surface area contributed by atoms with Crippen molar-refractivity contribution in [3.63, 3.8) is 0 Å². The van der Waals surface area contributed by atoms with E-state index < -0.39 is 0 Å². The lowest BCUT2D eigenvalue weighted by atomic mass is 9.77. The van der Waals surface area contributed by atoms with E-state index in [-0.39, 0.29) is 0 Å². The first-order valence-corrected chi connectivity index (χ1v) is 7.07. The van der Waals surface area contributed by atoms with Crippen LogP contribution in [0.25, 0.3) is 0 Å². The second kappa shape index (κ2) is 7.11. The Labute approximate surface area is 102 Å². The summed E-state index contributed by atoms with van der Waals surface area (Å²) in [5.74, 6) is 1.81. The van der Waals surface area contributed by atoms with Crippen molar-refractivity contribution in [2.45, 2.75) is 65.3 Å². The Kier molecular flexibility index (Phi) is 6.12. The van der Waals surface area contributed by atoms with Gasteiger partial charge in [-0.1, -0.05) is 45.8 Å². The van der Waals surface area contributed by atoms with Crippen molar-refractivity contribution in [2.24, 2.45) is 11.8 Å². The van der Waals surface area contributed by atoms with Gasteiger partial charge in [0.15, 0.2) is 0 Å². The van der Waals surface area contributed by atoms with Gasteiger partial charge >= 0.3 is 0 Å². The van der Waals surface area contributed by atoms with Crippen LogP contribution in [0.5, 0.6) is 0 Å². The Morgan fingerprint density at radius 1 is 1.38 bits per heavy atom. The maximum Gasteiger partial charge on any atom is 0.0132 e. The molecule has 1 heteroatoms. The Balaban J connectivity index is 2.50. The molecule has 1 aliphatic rings. The predicted molar refractivity (Wildman–Crippen MR) is 72.6 cm³/mol. The first kappa shape index (κ1) is 13.8. The lowest BCUT2D eigenvalue weighted by Gasteiger charge is -2.34. The minimum absolute atomic E-state index is 0.681. The smallest absolute Gasteiger partial charge is 0.0132 e. The van der Waals surface area contributed by atoms with Gasteiger partial charge in [0, 0.05) is 6.04 Å². The molecule has 1 rings (SSSR count). The summed E-state index contributed by atoms with van der Waals surface area (Å²) >= 11 is 0. The fourth-order valence-corrected chi connectivity index (χ4v) is 2.97. The van der Waals surface area contributed by atoms with Gasteiger partial charge in [0.25, 0.3) is 0 Å². The van der Waals surface area contributed by atoms with E-state index in [1.807, 2.05) is 0 Å². The molecule has 1 aliphatic carbocycles. The molecule has 0 aromatic rings. The molecule has 0 spiro atoms. The van der Waals surface area contributed by atoms with Crippen molar-refractivity contribution in [3.8, 4) is 0 Å². The monoisotopic (exact) mass is 223 g/mol. The normalized spacial score (nSPS) is 27.7. The first-order valence-electron chi connectivity index (χ1n) is 7.07. The molecule has 3 unspecified atom stereocenters. The molecule has 0 aromatic heterocycles. The van der Waals surface area contributed by atoms with Crippen molar-refractivity contribution in [1.29, 1.82) is 0 Å². The lowest BCUT2D eigenvalue weighted by molar-refractivity contribution is 0.222. The first-order chi connectivity index (χ1) is 7.67. The number of nitrogens with one attached hydrogen (secondary N) is 1. The molecular weight excluding hydrogens is 194 g/mol. The van der Waals surface area contributed by atoms with Crippen LogP contribution in [-0.2, 0) is 0 Å². The summed E-state index contributed by atoms with van der Waals surface area (Å²) in [5.41, 5.74) is 1.41. The summed E-state index contributed by atoms with van der Waals surface area (Å²) in [4.78, 5) is 0. The summed E-state index contributed by atoms with van der Waals surface area (Å²) in [5, 5.41) is 3.68. The minimum atomic E-state index is 0.681. The molecule has 1 N–H and O–H groups in total. The van der Waals surface area contributed by atoms with Crippen molar-refractivity contribution < 1.29 is 0 Å². The van der Waals surface area contributed by atoms with Gasteiger partial charge in [-0.05, 0) is 44.1 Å². The van der Waals surface area contributed by atoms with Crippen LogP contribution in [-0.4, -0.2) is 12.6 Å². The van der Waals surface area contributed by atoms with E-state index in [9.17, 15) is 0 Å². The second-order valence-corrected chi connectivity index (χ2v) is 5.50. The highest BCUT2D eigenvalue weighted by atomic mass is 14.9. The van der Waals surface area contributed by atoms with Crippen molar-refractivity contribution in [1.82, 2.24) is 5.32 Å². The summed E-state index contributed by atoms with van der Waals surface area (Å²) in [6.07, 6.45) is 8.00. The van der Waals surface area contributed by atoms with Gasteiger partial charge in [-0.25, -0.2) is 0 Å². The van der Waals surface area contributed by atoms with Crippen molar-refractivity contribution >= 4 is 0 Å². The van der Waals surface area contributed by atoms with Gasteiger partial charge in [0.1, 0.15) is 0 Å². The number of hydrogen-bond acceptors (Lipinski definition) is 1. The van der Waals surface area contributed by atoms with Crippen LogP contribution in [0.1, 0.15) is 59.3 Å². The molecule has 1 nitrogen and oxygen atoms in total. The molecule has 0 saturated heterocycles. The van der Waals surface area contributed by atoms with Crippen LogP contribution in [0, 0.1) is 11.8 Å². The Hall–Kier alpha value is -0.300. The maximum atomic E-state index is 4.17. The van der Waals surface area contributed by atoms with Crippen LogP contribution in [0.4, 0.5) is 0 Å². The van der Waals surface area contributed by atoms with E-state index in [0.29, 0.717) is 6.04 Å². The highest BCUT2D eigenvalue weighted by molar-refractivity contribution is 4.98. The van der Waals surface area contributed by atoms with Gasteiger partial charge < -0.3 is 5.32 Å². The van der Waals surface area contributed by atoms with Gasteiger partial charge in [0.2, 0.25) is 0 Å². The maximum absolute atomic E-state index is 4.17. The van der Waals surface area contributed by atoms with E-state index in [1.165, 1.54) is 37.7 Å². The molecule has 1 fully saturated rings. The molecule has 1 saturated carbocycles. The summed E-state index contributed by atoms with van der Waals surface area (Å²) < 4.78 is 0. The Morgan fingerprint density at radius 3 is 2.69 bits per heavy atom. The minimum Gasteiger partial charge on any atom is -0.314 e. The van der Waals surface area contributed by atoms with Crippen LogP contribution in [0.2, 0.25) is 0 Å². The fourth-order valence-electron chi connectivity index (χ4n) is 2.97. The quantitative estimate of drug-likeness (QED) is 0.667. The zero-order chi connectivity index (χ0) is 12.0. The average molecular weight is 223 g/mol. The van der Waals surface area contributed by atoms with Gasteiger partial charge in [-0.2, -0.15) is 0 Å². The lowest BCUT2D eigenvalue weighted by Crippen LogP contribution is -2.38. The average Bonchev–Trinajstić information content (AvgIpc) is 2.28. The Morgan fingerprint density at radius 2 is 2.12 bits per heavy atom. The number of rotatable bonds is 6. The molecule has 0 aliphatic heterocycles. The van der Waals surface area contributed by atoms with E-state index in [1.54, 1.807) is 0 Å². The summed E-state index contributed by atoms with van der Waals surface area (Å²) in [6, 6.07) is 0.681. The van der Waals surface area contributed by atoms with E-state index in [0.717, 1.165) is 24.8 Å². The molecule has 94 valence electrons. The molecule has 0 aromatic carbocycles. The van der Waals surface area contributed by atoms with E-state index >= 15 is 0 Å². The predicted octanol–water partition coefficient (Wildman–Crippen LogP) is 4.15. The van der Waals surface area contributed by atoms with Gasteiger partial charge in [-0.3, -0.25) is 0 Å². The van der Waals surface area contributed by atoms with Crippen LogP contribution in [0.15, 0.2) is 12.2 Å². The third-order valence-corrected chi connectivity index (χ3v) is 4.02. The highest BCUT2D eigenvalue weighted by Crippen LogP contribution is 2.32. The molecule has 0 heterocycles. The van der Waals surface area contributed by atoms with Crippen LogP contribution >= 0.6 is 0 Å². The second-order valence-electron chi connectivity index (χ2n) is 5.50. The van der Waals surface area contributed by atoms with E-state index in [2.05, 4.69) is 32.7 Å². The van der Waals surface area contributed by atoms with Gasteiger partial charge in [0.05, 0.1) is 0 Å². The highest BCUT2D eigenvalue weighted by Gasteiger charge is 2.26. The fraction of sp³-hybridized carbons (Fsp3) is 0.867. The molecule has 16 heavy (non-hydrogen) atoms. The van der Waals surface area contributed by atoms with Crippen molar-refractivity contribution in [2.75, 3.05) is 6.54 Å². The molecule has 0 bridgehead atoms. The van der Waals surface area contributed by atoms with Crippen LogP contribution in [0.3, 0.4) is 0 Å². The summed E-state index contributed by atoms with van der Waals surface area (Å²) in [7, 11) is 0. The third-order valence-electron chi connectivity index (χ3n) is 4.02. The third kappa shape index (κ3) is 4.29. The zero-order valence-corrected chi connectivity index (χ0v) is 11.4. The largest absolute Gasteiger partial charge is 0.314 e. The molecule has 3 atom stereocenters. The van der Waals surface area contributed by atoms with E-state index in [4.69, 9.17) is 0 Å².